The van der Waals surface area contributed by atoms with E-state index in [0.717, 1.165) is 31.2 Å². The van der Waals surface area contributed by atoms with E-state index in [9.17, 15) is 0 Å². The molecule has 0 aromatic carbocycles. The van der Waals surface area contributed by atoms with Gasteiger partial charge in [0.2, 0.25) is 0 Å². The Labute approximate surface area is 116 Å². The molecule has 2 rings (SSSR count). The van der Waals surface area contributed by atoms with Gasteiger partial charge in [-0.2, -0.15) is 0 Å². The predicted molar refractivity (Wildman–Crippen MR) is 79.9 cm³/mol. The first kappa shape index (κ1) is 14.1. The van der Waals surface area contributed by atoms with E-state index in [1.807, 2.05) is 18.2 Å². The highest BCUT2D eigenvalue weighted by atomic mass is 16.5. The zero-order chi connectivity index (χ0) is 13.9. The van der Waals surface area contributed by atoms with Crippen molar-refractivity contribution in [3.05, 3.63) is 18.2 Å². The molecule has 1 atom stereocenters. The number of nitrogens with zero attached hydrogens (tertiary/aromatic N) is 2. The van der Waals surface area contributed by atoms with Gasteiger partial charge in [-0.1, -0.05) is 6.07 Å². The fourth-order valence-corrected chi connectivity index (χ4v) is 2.28. The van der Waals surface area contributed by atoms with Gasteiger partial charge in [-0.25, -0.2) is 4.98 Å². The van der Waals surface area contributed by atoms with Gasteiger partial charge >= 0.3 is 0 Å². The third-order valence-electron chi connectivity index (χ3n) is 3.13. The summed E-state index contributed by atoms with van der Waals surface area (Å²) in [6, 6.07) is 6.10. The second kappa shape index (κ2) is 5.78. The number of hydrogen-bond donors (Lipinski definition) is 1. The van der Waals surface area contributed by atoms with Crippen molar-refractivity contribution in [2.24, 2.45) is 0 Å². The van der Waals surface area contributed by atoms with Crippen LogP contribution in [0.5, 0.6) is 0 Å². The van der Waals surface area contributed by atoms with Crippen LogP contribution >= 0.6 is 0 Å². The molecule has 1 N–H and O–H groups in total. The lowest BCUT2D eigenvalue weighted by Crippen LogP contribution is -2.30. The molecular weight excluding hydrogens is 238 g/mol. The van der Waals surface area contributed by atoms with Crippen molar-refractivity contribution in [2.45, 2.75) is 45.3 Å². The van der Waals surface area contributed by atoms with Crippen molar-refractivity contribution in [1.29, 1.82) is 0 Å². The Morgan fingerprint density at radius 1 is 1.42 bits per heavy atom. The van der Waals surface area contributed by atoms with Crippen molar-refractivity contribution in [3.63, 3.8) is 0 Å². The number of likely N-dealkylation sites (N-methyl/N-ethyl adjacent to an activating group) is 1. The molecule has 19 heavy (non-hydrogen) atoms. The molecule has 0 amide bonds. The predicted octanol–water partition coefficient (Wildman–Crippen LogP) is 2.91. The average Bonchev–Trinajstić information content (AvgIpc) is 2.80. The molecule has 4 heteroatoms. The topological polar surface area (TPSA) is 37.4 Å². The minimum atomic E-state index is 0.0265. The first-order valence-corrected chi connectivity index (χ1v) is 7.02. The van der Waals surface area contributed by atoms with Crippen LogP contribution in [0.15, 0.2) is 18.2 Å². The molecule has 0 radical (unpaired) electrons. The molecule has 106 valence electrons. The summed E-state index contributed by atoms with van der Waals surface area (Å²) in [4.78, 5) is 6.83. The normalized spacial score (nSPS) is 19.5. The number of pyridine rings is 1. The number of ether oxygens (including phenoxy) is 1. The summed E-state index contributed by atoms with van der Waals surface area (Å²) < 4.78 is 5.67. The number of anilines is 2. The Morgan fingerprint density at radius 3 is 2.84 bits per heavy atom. The molecule has 0 aliphatic carbocycles. The molecule has 1 aliphatic heterocycles. The maximum atomic E-state index is 5.67. The van der Waals surface area contributed by atoms with Gasteiger partial charge in [-0.05, 0) is 45.7 Å². The van der Waals surface area contributed by atoms with Crippen molar-refractivity contribution in [2.75, 3.05) is 30.4 Å². The number of hydrogen-bond acceptors (Lipinski definition) is 4. The zero-order valence-electron chi connectivity index (χ0n) is 12.4. The van der Waals surface area contributed by atoms with Gasteiger partial charge in [-0.3, -0.25) is 0 Å². The quantitative estimate of drug-likeness (QED) is 0.906. The highest BCUT2D eigenvalue weighted by Gasteiger charge is 2.18. The van der Waals surface area contributed by atoms with E-state index in [4.69, 9.17) is 4.74 Å². The van der Waals surface area contributed by atoms with Crippen LogP contribution in [-0.4, -0.2) is 36.8 Å². The number of rotatable bonds is 4. The second-order valence-electron chi connectivity index (χ2n) is 6.27. The van der Waals surface area contributed by atoms with Gasteiger partial charge in [0.1, 0.15) is 11.6 Å². The summed E-state index contributed by atoms with van der Waals surface area (Å²) in [5.74, 6) is 1.91. The third kappa shape index (κ3) is 4.39. The van der Waals surface area contributed by atoms with E-state index in [-0.39, 0.29) is 5.54 Å². The fourth-order valence-electron chi connectivity index (χ4n) is 2.28. The standard InChI is InChI=1S/C15H25N3O/c1-15(2,3)17-13-8-5-9-14(16-13)18(4)11-12-7-6-10-19-12/h5,8-9,12H,6-7,10-11H2,1-4H3,(H,16,17). The minimum absolute atomic E-state index is 0.0265. The molecule has 1 aliphatic rings. The molecule has 1 fully saturated rings. The molecule has 1 aromatic rings. The van der Waals surface area contributed by atoms with E-state index in [1.165, 1.54) is 6.42 Å². The highest BCUT2D eigenvalue weighted by Crippen LogP contribution is 2.19. The van der Waals surface area contributed by atoms with Crippen LogP contribution in [-0.2, 0) is 4.74 Å². The third-order valence-corrected chi connectivity index (χ3v) is 3.13. The van der Waals surface area contributed by atoms with Crippen LogP contribution in [0.25, 0.3) is 0 Å². The summed E-state index contributed by atoms with van der Waals surface area (Å²) >= 11 is 0. The number of nitrogens with one attached hydrogen (secondary N) is 1. The van der Waals surface area contributed by atoms with Crippen LogP contribution in [0.1, 0.15) is 33.6 Å². The first-order valence-electron chi connectivity index (χ1n) is 7.02. The van der Waals surface area contributed by atoms with Gasteiger partial charge in [0.25, 0.3) is 0 Å². The SMILES string of the molecule is CN(CC1CCCO1)c1cccc(NC(C)(C)C)n1. The molecule has 1 saturated heterocycles. The lowest BCUT2D eigenvalue weighted by Gasteiger charge is -2.24. The van der Waals surface area contributed by atoms with Crippen LogP contribution < -0.4 is 10.2 Å². The van der Waals surface area contributed by atoms with E-state index in [0.29, 0.717) is 6.10 Å². The summed E-state index contributed by atoms with van der Waals surface area (Å²) in [5, 5.41) is 3.40. The summed E-state index contributed by atoms with van der Waals surface area (Å²) in [7, 11) is 2.07. The van der Waals surface area contributed by atoms with E-state index in [2.05, 4.69) is 43.0 Å². The van der Waals surface area contributed by atoms with Crippen LogP contribution in [0.3, 0.4) is 0 Å². The van der Waals surface area contributed by atoms with Crippen LogP contribution in [0, 0.1) is 0 Å². The molecule has 0 bridgehead atoms. The van der Waals surface area contributed by atoms with Gasteiger partial charge in [-0.15, -0.1) is 0 Å². The highest BCUT2D eigenvalue weighted by molar-refractivity contribution is 5.47. The van der Waals surface area contributed by atoms with Crippen molar-refractivity contribution >= 4 is 11.6 Å². The van der Waals surface area contributed by atoms with E-state index in [1.54, 1.807) is 0 Å². The van der Waals surface area contributed by atoms with Crippen molar-refractivity contribution < 1.29 is 4.74 Å². The smallest absolute Gasteiger partial charge is 0.130 e. The zero-order valence-corrected chi connectivity index (χ0v) is 12.4. The second-order valence-corrected chi connectivity index (χ2v) is 6.27. The molecule has 0 saturated carbocycles. The Balaban J connectivity index is 2.00. The monoisotopic (exact) mass is 263 g/mol. The maximum absolute atomic E-state index is 5.67. The van der Waals surface area contributed by atoms with Gasteiger partial charge in [0.05, 0.1) is 6.10 Å². The van der Waals surface area contributed by atoms with E-state index < -0.39 is 0 Å². The van der Waals surface area contributed by atoms with Crippen LogP contribution in [0.4, 0.5) is 11.6 Å². The fraction of sp³-hybridized carbons (Fsp3) is 0.667. The summed E-state index contributed by atoms with van der Waals surface area (Å²) in [5.41, 5.74) is 0.0265. The van der Waals surface area contributed by atoms with Crippen molar-refractivity contribution in [1.82, 2.24) is 4.98 Å². The maximum Gasteiger partial charge on any atom is 0.130 e. The average molecular weight is 263 g/mol. The summed E-state index contributed by atoms with van der Waals surface area (Å²) in [6.45, 7) is 8.22. The lowest BCUT2D eigenvalue weighted by atomic mass is 10.1. The minimum Gasteiger partial charge on any atom is -0.376 e. The van der Waals surface area contributed by atoms with Crippen molar-refractivity contribution in [3.8, 4) is 0 Å². The Kier molecular flexibility index (Phi) is 4.30. The Bertz CT molecular complexity index is 408. The molecule has 1 unspecified atom stereocenters. The molecule has 2 heterocycles. The molecular formula is C15H25N3O. The Hall–Kier alpha value is -1.29. The van der Waals surface area contributed by atoms with Gasteiger partial charge in [0.15, 0.2) is 0 Å². The van der Waals surface area contributed by atoms with Crippen LogP contribution in [0.2, 0.25) is 0 Å². The summed E-state index contributed by atoms with van der Waals surface area (Å²) in [6.07, 6.45) is 2.69. The van der Waals surface area contributed by atoms with Gasteiger partial charge < -0.3 is 15.0 Å². The molecule has 0 spiro atoms. The lowest BCUT2D eigenvalue weighted by molar-refractivity contribution is 0.116. The Morgan fingerprint density at radius 2 is 2.21 bits per heavy atom. The largest absolute Gasteiger partial charge is 0.376 e. The van der Waals surface area contributed by atoms with Gasteiger partial charge in [0, 0.05) is 25.7 Å². The van der Waals surface area contributed by atoms with E-state index >= 15 is 0 Å². The molecule has 4 nitrogen and oxygen atoms in total. The molecule has 1 aromatic heterocycles. The number of aromatic nitrogens is 1. The first-order chi connectivity index (χ1) is 8.94.